The van der Waals surface area contributed by atoms with Crippen LogP contribution in [-0.4, -0.2) is 24.5 Å². The second-order valence-corrected chi connectivity index (χ2v) is 8.16. The molecule has 1 aliphatic heterocycles. The third-order valence-electron chi connectivity index (χ3n) is 5.12. The number of thiophene rings is 1. The molecule has 1 aromatic heterocycles. The van der Waals surface area contributed by atoms with Crippen LogP contribution >= 0.6 is 11.3 Å². The van der Waals surface area contributed by atoms with Crippen molar-refractivity contribution in [2.75, 3.05) is 17.2 Å². The average molecular weight is 395 g/mol. The van der Waals surface area contributed by atoms with E-state index in [4.69, 9.17) is 4.74 Å². The fraction of sp³-hybridized carbons (Fsp3) is 0.381. The molecule has 2 amide bonds. The van der Waals surface area contributed by atoms with Crippen molar-refractivity contribution >= 4 is 33.8 Å². The van der Waals surface area contributed by atoms with Crippen molar-refractivity contribution in [3.8, 4) is 6.07 Å². The Hall–Kier alpha value is -2.69. The molecule has 1 aromatic carbocycles. The van der Waals surface area contributed by atoms with Gasteiger partial charge in [0.1, 0.15) is 17.2 Å². The van der Waals surface area contributed by atoms with E-state index in [1.54, 1.807) is 24.3 Å². The highest BCUT2D eigenvalue weighted by molar-refractivity contribution is 7.16. The van der Waals surface area contributed by atoms with E-state index in [1.165, 1.54) is 16.2 Å². The summed E-state index contributed by atoms with van der Waals surface area (Å²) >= 11 is 1.50. The molecule has 1 aliphatic carbocycles. The Kier molecular flexibility index (Phi) is 5.42. The van der Waals surface area contributed by atoms with Crippen molar-refractivity contribution in [1.29, 1.82) is 5.26 Å². The van der Waals surface area contributed by atoms with Crippen molar-refractivity contribution in [2.45, 2.75) is 44.6 Å². The Morgan fingerprint density at radius 2 is 2.04 bits per heavy atom. The van der Waals surface area contributed by atoms with Gasteiger partial charge < -0.3 is 15.4 Å². The number of aryl methyl sites for hydroxylation is 1. The first-order valence-electron chi connectivity index (χ1n) is 9.54. The van der Waals surface area contributed by atoms with E-state index in [9.17, 15) is 14.9 Å². The Morgan fingerprint density at radius 3 is 2.82 bits per heavy atom. The summed E-state index contributed by atoms with van der Waals surface area (Å²) in [7, 11) is 0. The van der Waals surface area contributed by atoms with Gasteiger partial charge in [0.25, 0.3) is 11.8 Å². The second kappa shape index (κ2) is 8.13. The molecule has 4 rings (SSSR count). The van der Waals surface area contributed by atoms with Crippen LogP contribution in [0.15, 0.2) is 24.3 Å². The molecular weight excluding hydrogens is 374 g/mol. The quantitative estimate of drug-likeness (QED) is 0.822. The standard InChI is InChI=1S/C21H21N3O3S/c22-12-16-15-7-1-2-9-18(15)28-21(16)24-19(25)13-5-3-6-14(11-13)23-20(26)17-8-4-10-27-17/h3,5-6,11,17H,1-2,4,7-10H2,(H,23,26)(H,24,25). The number of hydrogen-bond donors (Lipinski definition) is 2. The Bertz CT molecular complexity index is 954. The van der Waals surface area contributed by atoms with Gasteiger partial charge in [0, 0.05) is 22.7 Å². The number of nitriles is 1. The first-order valence-corrected chi connectivity index (χ1v) is 10.4. The molecule has 1 atom stereocenters. The van der Waals surface area contributed by atoms with Crippen LogP contribution in [0.25, 0.3) is 0 Å². The zero-order valence-electron chi connectivity index (χ0n) is 15.4. The highest BCUT2D eigenvalue weighted by Crippen LogP contribution is 2.37. The topological polar surface area (TPSA) is 91.2 Å². The minimum absolute atomic E-state index is 0.187. The summed E-state index contributed by atoms with van der Waals surface area (Å²) in [6.45, 7) is 0.604. The Morgan fingerprint density at radius 1 is 1.18 bits per heavy atom. The van der Waals surface area contributed by atoms with Gasteiger partial charge in [0.2, 0.25) is 0 Å². The van der Waals surface area contributed by atoms with Gasteiger partial charge in [-0.05, 0) is 62.3 Å². The molecule has 0 bridgehead atoms. The number of anilines is 2. The predicted octanol–water partition coefficient (Wildman–Crippen LogP) is 3.87. The fourth-order valence-corrected chi connectivity index (χ4v) is 4.93. The van der Waals surface area contributed by atoms with Crippen LogP contribution < -0.4 is 10.6 Å². The lowest BCUT2D eigenvalue weighted by atomic mass is 9.96. The van der Waals surface area contributed by atoms with Crippen molar-refractivity contribution < 1.29 is 14.3 Å². The predicted molar refractivity (Wildman–Crippen MR) is 108 cm³/mol. The number of benzene rings is 1. The number of rotatable bonds is 4. The highest BCUT2D eigenvalue weighted by atomic mass is 32.1. The van der Waals surface area contributed by atoms with Crippen LogP contribution in [0, 0.1) is 11.3 Å². The Labute approximate surface area is 167 Å². The zero-order valence-corrected chi connectivity index (χ0v) is 16.2. The molecule has 1 fully saturated rings. The van der Waals surface area contributed by atoms with Gasteiger partial charge in [-0.25, -0.2) is 0 Å². The number of hydrogen-bond acceptors (Lipinski definition) is 5. The van der Waals surface area contributed by atoms with Gasteiger partial charge in [-0.15, -0.1) is 11.3 Å². The molecule has 0 spiro atoms. The van der Waals surface area contributed by atoms with Gasteiger partial charge in [-0.1, -0.05) is 6.07 Å². The molecule has 1 saturated heterocycles. The average Bonchev–Trinajstić information content (AvgIpc) is 3.36. The number of carbonyl (C=O) groups is 2. The lowest BCUT2D eigenvalue weighted by molar-refractivity contribution is -0.124. The van der Waals surface area contributed by atoms with Gasteiger partial charge in [-0.3, -0.25) is 9.59 Å². The molecule has 0 radical (unpaired) electrons. The van der Waals surface area contributed by atoms with Crippen LogP contribution in [0.2, 0.25) is 0 Å². The molecule has 1 unspecified atom stereocenters. The minimum Gasteiger partial charge on any atom is -0.368 e. The normalized spacial score (nSPS) is 18.2. The first-order chi connectivity index (χ1) is 13.7. The first kappa shape index (κ1) is 18.7. The van der Waals surface area contributed by atoms with E-state index in [0.29, 0.717) is 34.8 Å². The lowest BCUT2D eigenvalue weighted by Crippen LogP contribution is -2.27. The zero-order chi connectivity index (χ0) is 19.5. The van der Waals surface area contributed by atoms with Crippen LogP contribution in [0.3, 0.4) is 0 Å². The number of carbonyl (C=O) groups excluding carboxylic acids is 2. The lowest BCUT2D eigenvalue weighted by Gasteiger charge is -2.11. The maximum atomic E-state index is 12.7. The van der Waals surface area contributed by atoms with Gasteiger partial charge >= 0.3 is 0 Å². The van der Waals surface area contributed by atoms with Gasteiger partial charge in [-0.2, -0.15) is 5.26 Å². The van der Waals surface area contributed by atoms with E-state index in [0.717, 1.165) is 37.7 Å². The SMILES string of the molecule is N#Cc1c(NC(=O)c2cccc(NC(=O)C3CCCO3)c2)sc2c1CCCC2. The van der Waals surface area contributed by atoms with E-state index in [1.807, 2.05) is 0 Å². The molecule has 28 heavy (non-hydrogen) atoms. The van der Waals surface area contributed by atoms with Crippen LogP contribution in [0.5, 0.6) is 0 Å². The maximum Gasteiger partial charge on any atom is 0.256 e. The van der Waals surface area contributed by atoms with Crippen LogP contribution in [0.1, 0.15) is 52.0 Å². The number of amides is 2. The van der Waals surface area contributed by atoms with E-state index in [2.05, 4.69) is 16.7 Å². The van der Waals surface area contributed by atoms with Gasteiger partial charge in [0.05, 0.1) is 5.56 Å². The van der Waals surface area contributed by atoms with Crippen LogP contribution in [0.4, 0.5) is 10.7 Å². The number of fused-ring (bicyclic) bond motifs is 1. The van der Waals surface area contributed by atoms with Crippen molar-refractivity contribution in [1.82, 2.24) is 0 Å². The molecule has 6 nitrogen and oxygen atoms in total. The monoisotopic (exact) mass is 395 g/mol. The molecule has 2 N–H and O–H groups in total. The largest absolute Gasteiger partial charge is 0.368 e. The number of nitrogens with one attached hydrogen (secondary N) is 2. The maximum absolute atomic E-state index is 12.7. The highest BCUT2D eigenvalue weighted by Gasteiger charge is 2.24. The van der Waals surface area contributed by atoms with Crippen molar-refractivity contribution in [3.63, 3.8) is 0 Å². The summed E-state index contributed by atoms with van der Waals surface area (Å²) in [5.74, 6) is -0.476. The fourth-order valence-electron chi connectivity index (χ4n) is 3.69. The smallest absolute Gasteiger partial charge is 0.256 e. The molecular formula is C21H21N3O3S. The second-order valence-electron chi connectivity index (χ2n) is 7.05. The molecule has 2 heterocycles. The number of ether oxygens (including phenoxy) is 1. The third kappa shape index (κ3) is 3.79. The summed E-state index contributed by atoms with van der Waals surface area (Å²) in [5.41, 5.74) is 2.67. The van der Waals surface area contributed by atoms with Gasteiger partial charge in [0.15, 0.2) is 0 Å². The van der Waals surface area contributed by atoms with E-state index in [-0.39, 0.29) is 11.8 Å². The summed E-state index contributed by atoms with van der Waals surface area (Å²) in [6.07, 6.45) is 5.24. The molecule has 144 valence electrons. The molecule has 2 aliphatic rings. The third-order valence-corrected chi connectivity index (χ3v) is 6.33. The molecule has 0 saturated carbocycles. The summed E-state index contributed by atoms with van der Waals surface area (Å²) < 4.78 is 5.39. The summed E-state index contributed by atoms with van der Waals surface area (Å²) in [6, 6.07) is 9.06. The van der Waals surface area contributed by atoms with E-state index < -0.39 is 6.10 Å². The van der Waals surface area contributed by atoms with Crippen molar-refractivity contribution in [2.24, 2.45) is 0 Å². The number of nitrogens with zero attached hydrogens (tertiary/aromatic N) is 1. The van der Waals surface area contributed by atoms with Crippen molar-refractivity contribution in [3.05, 3.63) is 45.8 Å². The summed E-state index contributed by atoms with van der Waals surface area (Å²) in [5, 5.41) is 15.9. The summed E-state index contributed by atoms with van der Waals surface area (Å²) in [4.78, 5) is 26.2. The minimum atomic E-state index is -0.423. The Balaban J connectivity index is 1.49. The molecule has 7 heteroatoms. The molecule has 2 aromatic rings. The van der Waals surface area contributed by atoms with Crippen LogP contribution in [-0.2, 0) is 22.4 Å². The van der Waals surface area contributed by atoms with E-state index >= 15 is 0 Å².